The monoisotopic (exact) mass is 475 g/mol. The number of pyridine rings is 1. The zero-order chi connectivity index (χ0) is 23.5. The molecule has 0 bridgehead atoms. The molecule has 0 spiro atoms. The molecule has 0 fully saturated rings. The van der Waals surface area contributed by atoms with Crippen molar-refractivity contribution in [2.24, 2.45) is 7.05 Å². The summed E-state index contributed by atoms with van der Waals surface area (Å²) in [6, 6.07) is 8.64. The number of benzene rings is 1. The molecule has 0 radical (unpaired) electrons. The molecule has 2 aromatic heterocycles. The van der Waals surface area contributed by atoms with E-state index in [0.29, 0.717) is 39.7 Å². The Balaban J connectivity index is 2.09. The molecule has 3 rings (SSSR count). The highest BCUT2D eigenvalue weighted by molar-refractivity contribution is 7.90. The molecule has 0 N–H and O–H groups in total. The van der Waals surface area contributed by atoms with Gasteiger partial charge < -0.3 is 9.30 Å². The van der Waals surface area contributed by atoms with Crippen LogP contribution in [0.2, 0.25) is 5.02 Å². The number of sulfone groups is 1. The maximum atomic E-state index is 12.6. The number of unbranched alkanes of at least 4 members (excludes halogenated alkanes) is 1. The van der Waals surface area contributed by atoms with Crippen LogP contribution < -0.4 is 10.3 Å². The van der Waals surface area contributed by atoms with Crippen LogP contribution in [0.4, 0.5) is 0 Å². The number of nitrogens with zero attached hydrogens (tertiary/aromatic N) is 3. The molecule has 0 saturated heterocycles. The fourth-order valence-corrected chi connectivity index (χ4v) is 4.83. The van der Waals surface area contributed by atoms with Gasteiger partial charge in [-0.15, -0.1) is 0 Å². The number of hydrogen-bond acceptors (Lipinski definition) is 6. The Hall–Kier alpha value is -2.71. The van der Waals surface area contributed by atoms with Gasteiger partial charge in [-0.3, -0.25) is 4.79 Å². The quantitative estimate of drug-likeness (QED) is 0.472. The maximum Gasteiger partial charge on any atom is 0.322 e. The van der Waals surface area contributed by atoms with Crippen molar-refractivity contribution in [1.82, 2.24) is 14.5 Å². The van der Waals surface area contributed by atoms with Crippen molar-refractivity contribution in [3.8, 4) is 23.0 Å². The zero-order valence-corrected chi connectivity index (χ0v) is 20.1. The fraction of sp³-hybridized carbons (Fsp3) is 0.348. The van der Waals surface area contributed by atoms with Gasteiger partial charge in [0, 0.05) is 24.4 Å². The first-order chi connectivity index (χ1) is 15.1. The molecule has 7 nitrogen and oxygen atoms in total. The summed E-state index contributed by atoms with van der Waals surface area (Å²) >= 11 is 6.25. The molecule has 0 aliphatic heterocycles. The second-order valence-electron chi connectivity index (χ2n) is 7.84. The van der Waals surface area contributed by atoms with Gasteiger partial charge in [0.25, 0.3) is 5.56 Å². The molecule has 0 unspecified atom stereocenters. The van der Waals surface area contributed by atoms with Crippen LogP contribution in [0.1, 0.15) is 36.6 Å². The van der Waals surface area contributed by atoms with Gasteiger partial charge in [-0.25, -0.2) is 8.42 Å². The highest BCUT2D eigenvalue weighted by Gasteiger charge is 2.17. The third kappa shape index (κ3) is 5.95. The summed E-state index contributed by atoms with van der Waals surface area (Å²) in [7, 11) is -1.70. The third-order valence-electron chi connectivity index (χ3n) is 4.88. The van der Waals surface area contributed by atoms with E-state index in [1.165, 1.54) is 4.57 Å². The average Bonchev–Trinajstić information content (AvgIpc) is 2.72. The molecule has 0 aliphatic carbocycles. The molecule has 9 heteroatoms. The Morgan fingerprint density at radius 1 is 1.12 bits per heavy atom. The minimum absolute atomic E-state index is 0.0119. The van der Waals surface area contributed by atoms with Gasteiger partial charge in [0.05, 0.1) is 27.9 Å². The van der Waals surface area contributed by atoms with E-state index in [1.54, 1.807) is 44.4 Å². The average molecular weight is 476 g/mol. The number of halogens is 1. The SMILES string of the molecule is CCCCS(=O)(=O)Cc1cc(-c2cc(C)c(=O)n(C)c2)nc(Oc2cc(C)ccc2Cl)n1. The van der Waals surface area contributed by atoms with Gasteiger partial charge in [-0.1, -0.05) is 31.0 Å². The molecule has 0 atom stereocenters. The predicted octanol–water partition coefficient (Wildman–Crippen LogP) is 4.62. The Bertz CT molecular complexity index is 1280. The molecule has 170 valence electrons. The number of ether oxygens (including phenoxy) is 1. The van der Waals surface area contributed by atoms with Crippen LogP contribution in [0.3, 0.4) is 0 Å². The first-order valence-corrected chi connectivity index (χ1v) is 12.5. The van der Waals surface area contributed by atoms with Gasteiger partial charge >= 0.3 is 6.01 Å². The van der Waals surface area contributed by atoms with Crippen molar-refractivity contribution in [2.45, 2.75) is 39.4 Å². The zero-order valence-electron chi connectivity index (χ0n) is 18.6. The smallest absolute Gasteiger partial charge is 0.322 e. The van der Waals surface area contributed by atoms with Crippen molar-refractivity contribution in [3.63, 3.8) is 0 Å². The van der Waals surface area contributed by atoms with Crippen LogP contribution in [0, 0.1) is 13.8 Å². The lowest BCUT2D eigenvalue weighted by Crippen LogP contribution is -2.18. The predicted molar refractivity (Wildman–Crippen MR) is 126 cm³/mol. The highest BCUT2D eigenvalue weighted by Crippen LogP contribution is 2.30. The first-order valence-electron chi connectivity index (χ1n) is 10.3. The lowest BCUT2D eigenvalue weighted by Gasteiger charge is -2.12. The lowest BCUT2D eigenvalue weighted by molar-refractivity contribution is 0.440. The van der Waals surface area contributed by atoms with Crippen LogP contribution in [0.5, 0.6) is 11.8 Å². The van der Waals surface area contributed by atoms with Crippen molar-refractivity contribution in [2.75, 3.05) is 5.75 Å². The maximum absolute atomic E-state index is 12.6. The van der Waals surface area contributed by atoms with E-state index in [2.05, 4.69) is 9.97 Å². The molecule has 32 heavy (non-hydrogen) atoms. The molecule has 3 aromatic rings. The molecule has 0 amide bonds. The summed E-state index contributed by atoms with van der Waals surface area (Å²) in [5.74, 6) is 0.229. The van der Waals surface area contributed by atoms with Crippen LogP contribution >= 0.6 is 11.6 Å². The molecule has 2 heterocycles. The Morgan fingerprint density at radius 3 is 2.56 bits per heavy atom. The number of aromatic nitrogens is 3. The van der Waals surface area contributed by atoms with Gasteiger partial charge in [0.2, 0.25) is 0 Å². The van der Waals surface area contributed by atoms with E-state index < -0.39 is 9.84 Å². The summed E-state index contributed by atoms with van der Waals surface area (Å²) in [5, 5.41) is 0.389. The largest absolute Gasteiger partial charge is 0.423 e. The van der Waals surface area contributed by atoms with Crippen molar-refractivity contribution >= 4 is 21.4 Å². The highest BCUT2D eigenvalue weighted by atomic mass is 35.5. The van der Waals surface area contributed by atoms with Crippen LogP contribution in [0.15, 0.2) is 41.3 Å². The second-order valence-corrected chi connectivity index (χ2v) is 10.4. The van der Waals surface area contributed by atoms with Crippen molar-refractivity contribution in [1.29, 1.82) is 0 Å². The number of rotatable bonds is 8. The standard InChI is InChI=1S/C23H26ClN3O4S/c1-5-6-9-32(29,30)14-18-12-20(17-11-16(3)22(28)27(4)13-17)26-23(25-18)31-21-10-15(2)7-8-19(21)24/h7-8,10-13H,5-6,9,14H2,1-4H3. The normalized spacial score (nSPS) is 11.5. The summed E-state index contributed by atoms with van der Waals surface area (Å²) in [4.78, 5) is 20.9. The van der Waals surface area contributed by atoms with Crippen LogP contribution in [-0.2, 0) is 22.6 Å². The Kier molecular flexibility index (Phi) is 7.36. The molecule has 1 aromatic carbocycles. The van der Waals surface area contributed by atoms with Gasteiger partial charge in [-0.05, 0) is 50.1 Å². The van der Waals surface area contributed by atoms with E-state index in [4.69, 9.17) is 16.3 Å². The van der Waals surface area contributed by atoms with Gasteiger partial charge in [0.1, 0.15) is 5.75 Å². The third-order valence-corrected chi connectivity index (χ3v) is 6.84. The van der Waals surface area contributed by atoms with Crippen molar-refractivity contribution < 1.29 is 13.2 Å². The topological polar surface area (TPSA) is 91.2 Å². The second kappa shape index (κ2) is 9.83. The molecular formula is C23H26ClN3O4S. The lowest BCUT2D eigenvalue weighted by atomic mass is 10.1. The summed E-state index contributed by atoms with van der Waals surface area (Å²) < 4.78 is 32.4. The summed E-state index contributed by atoms with van der Waals surface area (Å²) in [5.41, 5.74) is 2.80. The number of aryl methyl sites for hydroxylation is 3. The minimum atomic E-state index is -3.35. The van der Waals surface area contributed by atoms with E-state index in [9.17, 15) is 13.2 Å². The number of hydrogen-bond donors (Lipinski definition) is 0. The first kappa shape index (κ1) is 23.9. The van der Waals surface area contributed by atoms with Crippen LogP contribution in [-0.4, -0.2) is 28.7 Å². The fourth-order valence-electron chi connectivity index (χ4n) is 3.21. The van der Waals surface area contributed by atoms with E-state index in [-0.39, 0.29) is 23.1 Å². The van der Waals surface area contributed by atoms with Gasteiger partial charge in [-0.2, -0.15) is 9.97 Å². The Morgan fingerprint density at radius 2 is 1.88 bits per heavy atom. The van der Waals surface area contributed by atoms with E-state index in [1.807, 2.05) is 19.9 Å². The van der Waals surface area contributed by atoms with Crippen LogP contribution in [0.25, 0.3) is 11.3 Å². The summed E-state index contributed by atoms with van der Waals surface area (Å²) in [6.45, 7) is 5.56. The Labute approximate surface area is 193 Å². The van der Waals surface area contributed by atoms with E-state index >= 15 is 0 Å². The molecule has 0 saturated carbocycles. The van der Waals surface area contributed by atoms with Gasteiger partial charge in [0.15, 0.2) is 9.84 Å². The molecular weight excluding hydrogens is 450 g/mol. The summed E-state index contributed by atoms with van der Waals surface area (Å²) in [6.07, 6.45) is 3.02. The van der Waals surface area contributed by atoms with Crippen molar-refractivity contribution in [3.05, 3.63) is 68.7 Å². The minimum Gasteiger partial charge on any atom is -0.423 e. The van der Waals surface area contributed by atoms with E-state index in [0.717, 1.165) is 12.0 Å². The molecule has 0 aliphatic rings.